The van der Waals surface area contributed by atoms with Crippen molar-refractivity contribution < 1.29 is 23.7 Å². The molecule has 4 aromatic rings. The van der Waals surface area contributed by atoms with Crippen molar-refractivity contribution in [2.24, 2.45) is 0 Å². The van der Waals surface area contributed by atoms with Crippen LogP contribution in [0.3, 0.4) is 0 Å². The van der Waals surface area contributed by atoms with E-state index in [0.29, 0.717) is 10.6 Å². The van der Waals surface area contributed by atoms with E-state index >= 15 is 0 Å². The minimum absolute atomic E-state index is 0.0711. The van der Waals surface area contributed by atoms with Crippen LogP contribution in [-0.4, -0.2) is 36.4 Å². The number of ether oxygens (including phenoxy) is 1. The number of nitrogens with one attached hydrogen (secondary N) is 3. The van der Waals surface area contributed by atoms with Crippen molar-refractivity contribution in [1.29, 1.82) is 0 Å². The van der Waals surface area contributed by atoms with Crippen LogP contribution in [0.2, 0.25) is 0 Å². The lowest BCUT2D eigenvalue weighted by atomic mass is 10.1. The fraction of sp³-hybridized carbons (Fsp3) is 0.182. The second-order valence-corrected chi connectivity index (χ2v) is 12.3. The van der Waals surface area contributed by atoms with E-state index in [1.807, 2.05) is 72.8 Å². The summed E-state index contributed by atoms with van der Waals surface area (Å²) in [4.78, 5) is 39.0. The van der Waals surface area contributed by atoms with Crippen molar-refractivity contribution in [2.45, 2.75) is 32.0 Å². The van der Waals surface area contributed by atoms with Gasteiger partial charge in [0.25, 0.3) is 0 Å². The highest BCUT2D eigenvalue weighted by Gasteiger charge is 2.29. The van der Waals surface area contributed by atoms with Gasteiger partial charge in [-0.25, -0.2) is 4.79 Å². The van der Waals surface area contributed by atoms with Gasteiger partial charge in [-0.2, -0.15) is 0 Å². The summed E-state index contributed by atoms with van der Waals surface area (Å²) < 4.78 is 19.6. The van der Waals surface area contributed by atoms with Gasteiger partial charge >= 0.3 is 5.97 Å². The third-order valence-electron chi connectivity index (χ3n) is 6.58. The highest BCUT2D eigenvalue weighted by molar-refractivity contribution is 7.76. The normalized spacial score (nSPS) is 12.5. The number of benzene rings is 4. The molecule has 2 amide bonds. The summed E-state index contributed by atoms with van der Waals surface area (Å²) in [7, 11) is -3.33. The Morgan fingerprint density at radius 1 is 0.690 bits per heavy atom. The lowest BCUT2D eigenvalue weighted by molar-refractivity contribution is -0.149. The van der Waals surface area contributed by atoms with Crippen molar-refractivity contribution in [3.05, 3.63) is 132 Å². The number of hydrogen-bond donors (Lipinski definition) is 3. The van der Waals surface area contributed by atoms with Gasteiger partial charge in [0.15, 0.2) is 0 Å². The molecule has 0 aliphatic carbocycles. The third kappa shape index (κ3) is 8.49. The molecule has 0 spiro atoms. The Morgan fingerprint density at radius 2 is 1.17 bits per heavy atom. The Labute approximate surface area is 245 Å². The average Bonchev–Trinajstić information content (AvgIpc) is 3.04. The van der Waals surface area contributed by atoms with Crippen LogP contribution < -0.4 is 26.3 Å². The van der Waals surface area contributed by atoms with Crippen LogP contribution in [-0.2, 0) is 36.7 Å². The van der Waals surface area contributed by atoms with Gasteiger partial charge in [0.05, 0.1) is 6.54 Å². The van der Waals surface area contributed by atoms with Crippen molar-refractivity contribution in [3.63, 3.8) is 0 Å². The van der Waals surface area contributed by atoms with Crippen LogP contribution in [0.1, 0.15) is 18.1 Å². The minimum Gasteiger partial charge on any atom is -0.459 e. The highest BCUT2D eigenvalue weighted by Crippen LogP contribution is 2.38. The smallest absolute Gasteiger partial charge is 0.329 e. The second-order valence-electron chi connectivity index (χ2n) is 9.75. The van der Waals surface area contributed by atoms with E-state index < -0.39 is 37.2 Å². The van der Waals surface area contributed by atoms with Crippen LogP contribution in [0.5, 0.6) is 0 Å². The van der Waals surface area contributed by atoms with Crippen LogP contribution in [0, 0.1) is 0 Å². The summed E-state index contributed by atoms with van der Waals surface area (Å²) in [6, 6.07) is 34.4. The molecule has 9 heteroatoms. The summed E-state index contributed by atoms with van der Waals surface area (Å²) >= 11 is 0. The molecule has 0 radical (unpaired) electrons. The number of amides is 2. The maximum atomic E-state index is 14.1. The number of carbonyl (C=O) groups is 3. The van der Waals surface area contributed by atoms with Gasteiger partial charge in [-0.15, -0.1) is 0 Å². The zero-order valence-corrected chi connectivity index (χ0v) is 24.2. The Hall–Kier alpha value is -4.52. The highest BCUT2D eigenvalue weighted by atomic mass is 31.2. The van der Waals surface area contributed by atoms with Crippen LogP contribution in [0.25, 0.3) is 0 Å². The molecule has 3 N–H and O–H groups in total. The van der Waals surface area contributed by atoms with Gasteiger partial charge in [0.2, 0.25) is 19.1 Å². The van der Waals surface area contributed by atoms with E-state index in [2.05, 4.69) is 15.7 Å². The average molecular weight is 584 g/mol. The Morgan fingerprint density at radius 3 is 1.69 bits per heavy atom. The van der Waals surface area contributed by atoms with E-state index in [-0.39, 0.29) is 19.6 Å². The maximum Gasteiger partial charge on any atom is 0.329 e. The van der Waals surface area contributed by atoms with Gasteiger partial charge in [-0.3, -0.25) is 19.2 Å². The molecule has 216 valence electrons. The number of hydrogen-bond acceptors (Lipinski definition) is 5. The molecule has 0 heterocycles. The van der Waals surface area contributed by atoms with Crippen molar-refractivity contribution >= 4 is 35.7 Å². The zero-order chi connectivity index (χ0) is 29.8. The maximum absolute atomic E-state index is 14.1. The quantitative estimate of drug-likeness (QED) is 0.164. The summed E-state index contributed by atoms with van der Waals surface area (Å²) in [5.74, 6) is -1.64. The largest absolute Gasteiger partial charge is 0.459 e. The molecule has 0 fully saturated rings. The molecular weight excluding hydrogens is 549 g/mol. The fourth-order valence-corrected chi connectivity index (χ4v) is 6.53. The number of rotatable bonds is 13. The molecule has 8 nitrogen and oxygen atoms in total. The molecule has 42 heavy (non-hydrogen) atoms. The molecule has 0 aliphatic rings. The third-order valence-corrected chi connectivity index (χ3v) is 9.23. The van der Waals surface area contributed by atoms with Gasteiger partial charge in [-0.05, 0) is 42.3 Å². The zero-order valence-electron chi connectivity index (χ0n) is 23.3. The Bertz CT molecular complexity index is 1460. The van der Waals surface area contributed by atoms with E-state index in [1.54, 1.807) is 48.5 Å². The molecule has 4 aromatic carbocycles. The van der Waals surface area contributed by atoms with Gasteiger partial charge < -0.3 is 15.4 Å². The van der Waals surface area contributed by atoms with Crippen LogP contribution in [0.15, 0.2) is 121 Å². The monoisotopic (exact) mass is 583 g/mol. The molecule has 0 aliphatic heterocycles. The number of esters is 1. The first-order valence-electron chi connectivity index (χ1n) is 13.7. The van der Waals surface area contributed by atoms with E-state index in [0.717, 1.165) is 11.1 Å². The molecule has 4 rings (SSSR count). The van der Waals surface area contributed by atoms with Gasteiger partial charge in [0.1, 0.15) is 18.7 Å². The standard InChI is InChI=1S/C33H34N3O5P/c1-25(35-31(37)23-34-42(40,28-18-10-4-11-19-28)29-20-12-5-13-21-29)32(38)36-30(22-26-14-6-2-7-15-26)33(39)41-24-27-16-8-3-9-17-27/h2-21,25,30H,22-24H2,1H3,(H,34,40)(H,35,37)(H,36,38)/t25-,30-/m0/s1. The molecule has 0 unspecified atom stereocenters. The van der Waals surface area contributed by atoms with E-state index in [9.17, 15) is 18.9 Å². The SMILES string of the molecule is C[C@H](NC(=O)CNP(=O)(c1ccccc1)c1ccccc1)C(=O)N[C@@H](Cc1ccccc1)C(=O)OCc1ccccc1. The van der Waals surface area contributed by atoms with Gasteiger partial charge in [0, 0.05) is 17.0 Å². The van der Waals surface area contributed by atoms with Crippen LogP contribution in [0.4, 0.5) is 0 Å². The molecule has 0 saturated carbocycles. The molecule has 2 atom stereocenters. The lowest BCUT2D eigenvalue weighted by Crippen LogP contribution is -2.52. The summed E-state index contributed by atoms with van der Waals surface area (Å²) in [5, 5.41) is 9.42. The lowest BCUT2D eigenvalue weighted by Gasteiger charge is -2.22. The topological polar surface area (TPSA) is 114 Å². The predicted molar refractivity (Wildman–Crippen MR) is 164 cm³/mol. The fourth-order valence-electron chi connectivity index (χ4n) is 4.32. The first kappa shape index (κ1) is 30.4. The Balaban J connectivity index is 1.38. The summed E-state index contributed by atoms with van der Waals surface area (Å²) in [6.07, 6.45) is 0.222. The van der Waals surface area contributed by atoms with E-state index in [4.69, 9.17) is 4.74 Å². The van der Waals surface area contributed by atoms with Crippen molar-refractivity contribution in [1.82, 2.24) is 15.7 Å². The summed E-state index contributed by atoms with van der Waals surface area (Å²) in [5.41, 5.74) is 1.67. The molecule has 0 bridgehead atoms. The van der Waals surface area contributed by atoms with Crippen LogP contribution >= 0.6 is 7.29 Å². The first-order valence-corrected chi connectivity index (χ1v) is 15.4. The molecule has 0 aromatic heterocycles. The first-order chi connectivity index (χ1) is 20.3. The molecule has 0 saturated heterocycles. The van der Waals surface area contributed by atoms with E-state index in [1.165, 1.54) is 6.92 Å². The number of carbonyl (C=O) groups excluding carboxylic acids is 3. The van der Waals surface area contributed by atoms with Crippen molar-refractivity contribution in [3.8, 4) is 0 Å². The molecular formula is C33H34N3O5P. The second kappa shape index (κ2) is 14.9. The van der Waals surface area contributed by atoms with Gasteiger partial charge in [-0.1, -0.05) is 97.1 Å². The van der Waals surface area contributed by atoms with Crippen molar-refractivity contribution in [2.75, 3.05) is 6.54 Å². The predicted octanol–water partition coefficient (Wildman–Crippen LogP) is 3.48. The summed E-state index contributed by atoms with van der Waals surface area (Å²) in [6.45, 7) is 1.31. The minimum atomic E-state index is -3.33. The Kier molecular flexibility index (Phi) is 10.8.